The zero-order chi connectivity index (χ0) is 9.97. The normalized spacial score (nSPS) is 15.8. The molecule has 14 heavy (non-hydrogen) atoms. The van der Waals surface area contributed by atoms with E-state index in [1.807, 2.05) is 6.07 Å². The molecule has 0 bridgehead atoms. The number of nitrogens with zero attached hydrogens (tertiary/aromatic N) is 1. The molecule has 0 aromatic carbocycles. The topological polar surface area (TPSA) is 39.2 Å². The molecule has 2 rings (SSSR count). The number of fused-ring (bicyclic) bond motifs is 1. The fourth-order valence-corrected chi connectivity index (χ4v) is 1.63. The molecule has 0 amide bonds. The molecule has 3 nitrogen and oxygen atoms in total. The second-order valence-corrected chi connectivity index (χ2v) is 3.50. The third kappa shape index (κ3) is 1.82. The third-order valence-electron chi connectivity index (χ3n) is 2.47. The number of carbonyl (C=O) groups is 1. The van der Waals surface area contributed by atoms with Crippen LogP contribution in [0.15, 0.2) is 12.3 Å². The molecule has 0 aliphatic carbocycles. The molecule has 2 heterocycles. The average molecular weight is 191 g/mol. The van der Waals surface area contributed by atoms with Crippen LogP contribution in [0.4, 0.5) is 0 Å². The number of carbonyl (C=O) groups excluding carboxylic acids is 1. The summed E-state index contributed by atoms with van der Waals surface area (Å²) in [5, 5.41) is 0. The Morgan fingerprint density at radius 1 is 1.43 bits per heavy atom. The highest BCUT2D eigenvalue weighted by atomic mass is 16.5. The van der Waals surface area contributed by atoms with E-state index in [4.69, 9.17) is 4.74 Å². The van der Waals surface area contributed by atoms with Crippen molar-refractivity contribution in [3.8, 4) is 0 Å². The van der Waals surface area contributed by atoms with E-state index in [0.717, 1.165) is 37.3 Å². The maximum atomic E-state index is 11.1. The predicted molar refractivity (Wildman–Crippen MR) is 52.5 cm³/mol. The van der Waals surface area contributed by atoms with Gasteiger partial charge in [-0.05, 0) is 25.0 Å². The van der Waals surface area contributed by atoms with Crippen molar-refractivity contribution in [3.63, 3.8) is 0 Å². The molecule has 0 N–H and O–H groups in total. The van der Waals surface area contributed by atoms with Crippen molar-refractivity contribution in [2.24, 2.45) is 0 Å². The first-order valence-electron chi connectivity index (χ1n) is 4.84. The average Bonchev–Trinajstić information content (AvgIpc) is 2.41. The molecular weight excluding hydrogens is 178 g/mol. The lowest BCUT2D eigenvalue weighted by Crippen LogP contribution is -2.01. The molecule has 0 saturated heterocycles. The van der Waals surface area contributed by atoms with Crippen LogP contribution in [0.1, 0.15) is 28.5 Å². The lowest BCUT2D eigenvalue weighted by Gasteiger charge is -2.04. The lowest BCUT2D eigenvalue weighted by molar-refractivity contribution is 0.101. The van der Waals surface area contributed by atoms with Crippen molar-refractivity contribution in [1.82, 2.24) is 4.98 Å². The molecule has 1 aliphatic heterocycles. The summed E-state index contributed by atoms with van der Waals surface area (Å²) in [6.45, 7) is 3.03. The number of pyridine rings is 1. The molecule has 0 fully saturated rings. The van der Waals surface area contributed by atoms with Crippen LogP contribution < -0.4 is 0 Å². The number of Topliss-reactive ketones (excluding diaryl/α,β-unsaturated/α-hetero) is 1. The summed E-state index contributed by atoms with van der Waals surface area (Å²) in [5.74, 6) is 0.0745. The van der Waals surface area contributed by atoms with Crippen molar-refractivity contribution in [2.75, 3.05) is 13.2 Å². The Morgan fingerprint density at radius 2 is 2.21 bits per heavy atom. The van der Waals surface area contributed by atoms with Crippen LogP contribution in [0, 0.1) is 0 Å². The van der Waals surface area contributed by atoms with Crippen molar-refractivity contribution in [2.45, 2.75) is 19.8 Å². The fraction of sp³-hybridized carbons (Fsp3) is 0.455. The van der Waals surface area contributed by atoms with Gasteiger partial charge < -0.3 is 4.74 Å². The zero-order valence-electron chi connectivity index (χ0n) is 8.25. The summed E-state index contributed by atoms with van der Waals surface area (Å²) in [7, 11) is 0. The molecule has 3 heteroatoms. The Bertz CT molecular complexity index is 360. The lowest BCUT2D eigenvalue weighted by atomic mass is 10.1. The molecule has 0 spiro atoms. The number of hydrogen-bond donors (Lipinski definition) is 0. The first kappa shape index (κ1) is 9.34. The van der Waals surface area contributed by atoms with Crippen LogP contribution in [-0.4, -0.2) is 24.0 Å². The molecule has 74 valence electrons. The number of aromatic nitrogens is 1. The van der Waals surface area contributed by atoms with E-state index in [-0.39, 0.29) is 5.78 Å². The maximum Gasteiger partial charge on any atom is 0.161 e. The van der Waals surface area contributed by atoms with E-state index in [1.54, 1.807) is 13.1 Å². The van der Waals surface area contributed by atoms with Gasteiger partial charge in [0.2, 0.25) is 0 Å². The van der Waals surface area contributed by atoms with Gasteiger partial charge in [-0.2, -0.15) is 0 Å². The highest BCUT2D eigenvalue weighted by molar-refractivity contribution is 5.93. The van der Waals surface area contributed by atoms with E-state index >= 15 is 0 Å². The first-order chi connectivity index (χ1) is 6.77. The minimum Gasteiger partial charge on any atom is -0.381 e. The van der Waals surface area contributed by atoms with Crippen molar-refractivity contribution < 1.29 is 9.53 Å². The van der Waals surface area contributed by atoms with Gasteiger partial charge in [0.15, 0.2) is 5.78 Å². The van der Waals surface area contributed by atoms with Crippen molar-refractivity contribution >= 4 is 5.78 Å². The minimum atomic E-state index is 0.0745. The number of rotatable bonds is 1. The SMILES string of the molecule is CC(=O)c1cnc2c(c1)CCOCC2. The highest BCUT2D eigenvalue weighted by Gasteiger charge is 2.11. The highest BCUT2D eigenvalue weighted by Crippen LogP contribution is 2.14. The Labute approximate surface area is 83.1 Å². The Balaban J connectivity index is 2.37. The van der Waals surface area contributed by atoms with Gasteiger partial charge in [0.25, 0.3) is 0 Å². The van der Waals surface area contributed by atoms with Gasteiger partial charge in [0.1, 0.15) is 0 Å². The second-order valence-electron chi connectivity index (χ2n) is 3.50. The van der Waals surface area contributed by atoms with Gasteiger partial charge in [-0.25, -0.2) is 0 Å². The molecule has 1 aromatic heterocycles. The molecule has 0 radical (unpaired) electrons. The Morgan fingerprint density at radius 3 is 3.00 bits per heavy atom. The molecule has 1 aromatic rings. The summed E-state index contributed by atoms with van der Waals surface area (Å²) >= 11 is 0. The molecule has 0 unspecified atom stereocenters. The van der Waals surface area contributed by atoms with Gasteiger partial charge in [-0.15, -0.1) is 0 Å². The molecular formula is C11H13NO2. The van der Waals surface area contributed by atoms with Gasteiger partial charge in [-0.1, -0.05) is 0 Å². The quantitative estimate of drug-likeness (QED) is 0.630. The van der Waals surface area contributed by atoms with Crippen molar-refractivity contribution in [1.29, 1.82) is 0 Å². The summed E-state index contributed by atoms with van der Waals surface area (Å²) in [5.41, 5.74) is 2.94. The minimum absolute atomic E-state index is 0.0745. The smallest absolute Gasteiger partial charge is 0.161 e. The predicted octanol–water partition coefficient (Wildman–Crippen LogP) is 1.40. The second kappa shape index (κ2) is 3.88. The molecule has 0 atom stereocenters. The van der Waals surface area contributed by atoms with Gasteiger partial charge in [0, 0.05) is 23.9 Å². The van der Waals surface area contributed by atoms with Crippen molar-refractivity contribution in [3.05, 3.63) is 29.1 Å². The van der Waals surface area contributed by atoms with Crippen LogP contribution >= 0.6 is 0 Å². The van der Waals surface area contributed by atoms with Gasteiger partial charge in [-0.3, -0.25) is 9.78 Å². The fourth-order valence-electron chi connectivity index (χ4n) is 1.63. The third-order valence-corrected chi connectivity index (χ3v) is 2.47. The zero-order valence-corrected chi connectivity index (χ0v) is 8.25. The molecule has 0 saturated carbocycles. The monoisotopic (exact) mass is 191 g/mol. The van der Waals surface area contributed by atoms with E-state index < -0.39 is 0 Å². The summed E-state index contributed by atoms with van der Waals surface area (Å²) in [6.07, 6.45) is 3.38. The summed E-state index contributed by atoms with van der Waals surface area (Å²) in [6, 6.07) is 1.94. The van der Waals surface area contributed by atoms with Crippen LogP contribution in [-0.2, 0) is 17.6 Å². The first-order valence-corrected chi connectivity index (χ1v) is 4.84. The van der Waals surface area contributed by atoms with E-state index in [0.29, 0.717) is 5.56 Å². The molecule has 1 aliphatic rings. The number of hydrogen-bond acceptors (Lipinski definition) is 3. The van der Waals surface area contributed by atoms with E-state index in [9.17, 15) is 4.79 Å². The van der Waals surface area contributed by atoms with Crippen LogP contribution in [0.3, 0.4) is 0 Å². The van der Waals surface area contributed by atoms with E-state index in [2.05, 4.69) is 4.98 Å². The van der Waals surface area contributed by atoms with E-state index in [1.165, 1.54) is 0 Å². The largest absolute Gasteiger partial charge is 0.381 e. The number of ketones is 1. The summed E-state index contributed by atoms with van der Waals surface area (Å²) in [4.78, 5) is 15.4. The van der Waals surface area contributed by atoms with Gasteiger partial charge >= 0.3 is 0 Å². The van der Waals surface area contributed by atoms with Crippen LogP contribution in [0.2, 0.25) is 0 Å². The van der Waals surface area contributed by atoms with Crippen LogP contribution in [0.5, 0.6) is 0 Å². The van der Waals surface area contributed by atoms with Gasteiger partial charge in [0.05, 0.1) is 13.2 Å². The standard InChI is InChI=1S/C11H13NO2/c1-8(13)10-6-9-2-4-14-5-3-11(9)12-7-10/h6-7H,2-5H2,1H3. The summed E-state index contributed by atoms with van der Waals surface area (Å²) < 4.78 is 5.35. The Hall–Kier alpha value is -1.22. The number of ether oxygens (including phenoxy) is 1. The maximum absolute atomic E-state index is 11.1. The van der Waals surface area contributed by atoms with Crippen LogP contribution in [0.25, 0.3) is 0 Å². The Kier molecular flexibility index (Phi) is 2.59.